The molecule has 1 aliphatic heterocycles. The molecule has 1 aliphatic rings. The number of amides is 1. The fraction of sp³-hybridized carbons (Fsp3) is 0.286. The van der Waals surface area contributed by atoms with Gasteiger partial charge < -0.3 is 15.0 Å². The molecule has 3 N–H and O–H groups in total. The van der Waals surface area contributed by atoms with Crippen molar-refractivity contribution >= 4 is 27.5 Å². The van der Waals surface area contributed by atoms with Crippen LogP contribution in [0.5, 0.6) is 5.75 Å². The summed E-state index contributed by atoms with van der Waals surface area (Å²) in [7, 11) is 1.59. The van der Waals surface area contributed by atoms with E-state index in [1.165, 1.54) is 0 Å². The summed E-state index contributed by atoms with van der Waals surface area (Å²) in [4.78, 5) is 19.6. The highest BCUT2D eigenvalue weighted by Gasteiger charge is 2.25. The molecule has 1 aromatic heterocycles. The second-order valence-corrected chi connectivity index (χ2v) is 5.75. The van der Waals surface area contributed by atoms with Gasteiger partial charge in [-0.1, -0.05) is 15.9 Å². The lowest BCUT2D eigenvalue weighted by molar-refractivity contribution is -0.118. The molecule has 1 amide bonds. The van der Waals surface area contributed by atoms with Crippen LogP contribution in [0.25, 0.3) is 0 Å². The molecule has 6 nitrogen and oxygen atoms in total. The number of fused-ring (bicyclic) bond motifs is 1. The molecule has 0 bridgehead atoms. The van der Waals surface area contributed by atoms with Crippen LogP contribution in [-0.4, -0.2) is 29.0 Å². The molecule has 0 spiro atoms. The number of hydrogen-bond donors (Lipinski definition) is 3. The van der Waals surface area contributed by atoms with Crippen molar-refractivity contribution in [2.24, 2.45) is 0 Å². The van der Waals surface area contributed by atoms with Crippen LogP contribution in [0, 0.1) is 0 Å². The Kier molecular flexibility index (Phi) is 3.94. The van der Waals surface area contributed by atoms with Crippen LogP contribution in [0.15, 0.2) is 29.0 Å². The average Bonchev–Trinajstić information content (AvgIpc) is 2.93. The monoisotopic (exact) mass is 350 g/mol. The average molecular weight is 351 g/mol. The van der Waals surface area contributed by atoms with E-state index in [0.717, 1.165) is 15.9 Å². The minimum atomic E-state index is -0.286. The minimum absolute atomic E-state index is 0.0798. The van der Waals surface area contributed by atoms with Crippen LogP contribution >= 0.6 is 15.9 Å². The van der Waals surface area contributed by atoms with Gasteiger partial charge in [0.1, 0.15) is 5.75 Å². The third kappa shape index (κ3) is 3.08. The molecular weight excluding hydrogens is 336 g/mol. The number of anilines is 1. The number of carbonyl (C=O) groups excluding carboxylic acids is 1. The Balaban J connectivity index is 1.71. The van der Waals surface area contributed by atoms with Gasteiger partial charge in [0.15, 0.2) is 0 Å². The van der Waals surface area contributed by atoms with Crippen molar-refractivity contribution in [2.75, 3.05) is 12.4 Å². The molecular formula is C14H15BrN4O2. The smallest absolute Gasteiger partial charge is 0.241 e. The third-order valence-electron chi connectivity index (χ3n) is 3.42. The molecule has 21 heavy (non-hydrogen) atoms. The zero-order valence-electron chi connectivity index (χ0n) is 11.4. The summed E-state index contributed by atoms with van der Waals surface area (Å²) >= 11 is 3.39. The molecule has 2 aromatic rings. The summed E-state index contributed by atoms with van der Waals surface area (Å²) in [5.41, 5.74) is 2.68. The normalized spacial score (nSPS) is 17.1. The molecule has 0 saturated heterocycles. The number of H-pyrrole nitrogens is 1. The fourth-order valence-electron chi connectivity index (χ4n) is 2.34. The number of benzene rings is 1. The lowest BCUT2D eigenvalue weighted by Crippen LogP contribution is -2.44. The first-order chi connectivity index (χ1) is 10.2. The number of aromatic amines is 1. The second-order valence-electron chi connectivity index (χ2n) is 4.83. The maximum Gasteiger partial charge on any atom is 0.241 e. The van der Waals surface area contributed by atoms with Crippen molar-refractivity contribution in [3.8, 4) is 5.75 Å². The van der Waals surface area contributed by atoms with Crippen LogP contribution in [-0.2, 0) is 17.8 Å². The molecule has 1 unspecified atom stereocenters. The van der Waals surface area contributed by atoms with Crippen molar-refractivity contribution in [2.45, 2.75) is 19.0 Å². The molecule has 1 aromatic carbocycles. The maximum atomic E-state index is 12.3. The first kappa shape index (κ1) is 14.1. The Morgan fingerprint density at radius 1 is 1.48 bits per heavy atom. The van der Waals surface area contributed by atoms with Gasteiger partial charge in [-0.25, -0.2) is 4.98 Å². The molecule has 110 valence electrons. The van der Waals surface area contributed by atoms with E-state index in [-0.39, 0.29) is 11.9 Å². The van der Waals surface area contributed by atoms with Crippen molar-refractivity contribution < 1.29 is 9.53 Å². The number of halogens is 1. The van der Waals surface area contributed by atoms with Gasteiger partial charge in [-0.3, -0.25) is 10.1 Å². The van der Waals surface area contributed by atoms with Gasteiger partial charge in [-0.15, -0.1) is 0 Å². The summed E-state index contributed by atoms with van der Waals surface area (Å²) < 4.78 is 6.04. The first-order valence-corrected chi connectivity index (χ1v) is 7.35. The molecule has 2 heterocycles. The summed E-state index contributed by atoms with van der Waals surface area (Å²) in [6, 6.07) is 5.17. The minimum Gasteiger partial charge on any atom is -0.497 e. The predicted molar refractivity (Wildman–Crippen MR) is 82.2 cm³/mol. The van der Waals surface area contributed by atoms with Gasteiger partial charge in [0.2, 0.25) is 5.91 Å². The van der Waals surface area contributed by atoms with Crippen LogP contribution in [0.2, 0.25) is 0 Å². The van der Waals surface area contributed by atoms with Crippen LogP contribution in [0.1, 0.15) is 11.4 Å². The Morgan fingerprint density at radius 3 is 3.14 bits per heavy atom. The Morgan fingerprint density at radius 2 is 2.33 bits per heavy atom. The van der Waals surface area contributed by atoms with E-state index in [2.05, 4.69) is 36.5 Å². The van der Waals surface area contributed by atoms with E-state index in [9.17, 15) is 4.79 Å². The van der Waals surface area contributed by atoms with E-state index in [1.807, 2.05) is 12.1 Å². The molecule has 7 heteroatoms. The summed E-state index contributed by atoms with van der Waals surface area (Å²) in [5, 5.41) is 6.10. The molecule has 0 saturated carbocycles. The van der Waals surface area contributed by atoms with E-state index in [4.69, 9.17) is 4.74 Å². The van der Waals surface area contributed by atoms with Gasteiger partial charge in [0.05, 0.1) is 30.9 Å². The number of nitrogens with zero attached hydrogens (tertiary/aromatic N) is 1. The second kappa shape index (κ2) is 5.87. The van der Waals surface area contributed by atoms with Gasteiger partial charge in [0, 0.05) is 29.2 Å². The SMILES string of the molecule is COc1cc(Br)cc(NC(=O)C2Cc3nc[nH]c3CN2)c1. The number of rotatable bonds is 3. The third-order valence-corrected chi connectivity index (χ3v) is 3.88. The highest BCUT2D eigenvalue weighted by atomic mass is 79.9. The number of methoxy groups -OCH3 is 1. The highest BCUT2D eigenvalue weighted by Crippen LogP contribution is 2.25. The van der Waals surface area contributed by atoms with Crippen LogP contribution in [0.4, 0.5) is 5.69 Å². The molecule has 0 radical (unpaired) electrons. The maximum absolute atomic E-state index is 12.3. The first-order valence-electron chi connectivity index (χ1n) is 6.55. The molecule has 1 atom stereocenters. The molecule has 0 aliphatic carbocycles. The number of ether oxygens (including phenoxy) is 1. The van der Waals surface area contributed by atoms with Crippen molar-refractivity contribution in [1.29, 1.82) is 0 Å². The largest absolute Gasteiger partial charge is 0.497 e. The number of imidazole rings is 1. The van der Waals surface area contributed by atoms with E-state index < -0.39 is 0 Å². The topological polar surface area (TPSA) is 79.0 Å². The number of aromatic nitrogens is 2. The number of carbonyl (C=O) groups is 1. The van der Waals surface area contributed by atoms with Crippen LogP contribution in [0.3, 0.4) is 0 Å². The summed E-state index contributed by atoms with van der Waals surface area (Å²) in [5.74, 6) is 0.606. The van der Waals surface area contributed by atoms with E-state index in [0.29, 0.717) is 24.4 Å². The molecule has 3 rings (SSSR count). The van der Waals surface area contributed by atoms with E-state index >= 15 is 0 Å². The van der Waals surface area contributed by atoms with Gasteiger partial charge in [0.25, 0.3) is 0 Å². The van der Waals surface area contributed by atoms with Crippen molar-refractivity contribution in [1.82, 2.24) is 15.3 Å². The van der Waals surface area contributed by atoms with E-state index in [1.54, 1.807) is 19.5 Å². The standard InChI is InChI=1S/C14H15BrN4O2/c1-21-10-3-8(15)2-9(4-10)19-14(20)12-5-11-13(6-16-12)18-7-17-11/h2-4,7,12,16H,5-6H2,1H3,(H,17,18)(H,19,20). The lowest BCUT2D eigenvalue weighted by Gasteiger charge is -2.22. The molecule has 0 fully saturated rings. The lowest BCUT2D eigenvalue weighted by atomic mass is 10.0. The van der Waals surface area contributed by atoms with Crippen LogP contribution < -0.4 is 15.4 Å². The van der Waals surface area contributed by atoms with Gasteiger partial charge >= 0.3 is 0 Å². The number of nitrogens with one attached hydrogen (secondary N) is 3. The Bertz CT molecular complexity index is 671. The zero-order chi connectivity index (χ0) is 14.8. The summed E-state index contributed by atoms with van der Waals surface area (Å²) in [6.07, 6.45) is 2.24. The van der Waals surface area contributed by atoms with Gasteiger partial charge in [-0.05, 0) is 12.1 Å². The quantitative estimate of drug-likeness (QED) is 0.789. The zero-order valence-corrected chi connectivity index (χ0v) is 13.0. The van der Waals surface area contributed by atoms with Gasteiger partial charge in [-0.2, -0.15) is 0 Å². The fourth-order valence-corrected chi connectivity index (χ4v) is 2.81. The predicted octanol–water partition coefficient (Wildman–Crippen LogP) is 1.83. The number of hydrogen-bond acceptors (Lipinski definition) is 4. The summed E-state index contributed by atoms with van der Waals surface area (Å²) in [6.45, 7) is 0.620. The highest BCUT2D eigenvalue weighted by molar-refractivity contribution is 9.10. The Hall–Kier alpha value is -1.86. The van der Waals surface area contributed by atoms with Crippen molar-refractivity contribution in [3.05, 3.63) is 40.4 Å². The van der Waals surface area contributed by atoms with Crippen molar-refractivity contribution in [3.63, 3.8) is 0 Å². The Labute approximate surface area is 130 Å².